The summed E-state index contributed by atoms with van der Waals surface area (Å²) in [7, 11) is 2.12. The number of amides is 1. The molecule has 0 radical (unpaired) electrons. The van der Waals surface area contributed by atoms with Gasteiger partial charge in [-0.2, -0.15) is 0 Å². The molecule has 27 heavy (non-hydrogen) atoms. The summed E-state index contributed by atoms with van der Waals surface area (Å²) >= 11 is 0. The zero-order valence-corrected chi connectivity index (χ0v) is 16.8. The van der Waals surface area contributed by atoms with Gasteiger partial charge in [-0.05, 0) is 46.8 Å². The normalized spacial score (nSPS) is 26.1. The van der Waals surface area contributed by atoms with Gasteiger partial charge in [-0.15, -0.1) is 0 Å². The number of carbonyl (C=O) groups excluding carboxylic acids is 1. The lowest BCUT2D eigenvalue weighted by molar-refractivity contribution is -0.124. The lowest BCUT2D eigenvalue weighted by atomic mass is 10.0. The van der Waals surface area contributed by atoms with Crippen LogP contribution in [-0.4, -0.2) is 95.9 Å². The standard InChI is InChI=1S/C19H33N5O3/c1-14-16(15(2)27-21-14)11-24-8-5-17(18(25)12-24)20-19(26)13-23-7-4-6-22(3)9-10-23/h17-18,25H,4-13H2,1-3H3,(H,20,26)/t17-,18-/m1/s1. The monoisotopic (exact) mass is 379 g/mol. The minimum atomic E-state index is -0.557. The molecule has 0 saturated carbocycles. The Morgan fingerprint density at radius 3 is 2.74 bits per heavy atom. The van der Waals surface area contributed by atoms with E-state index in [1.54, 1.807) is 0 Å². The number of nitrogens with one attached hydrogen (secondary N) is 1. The third-order valence-electron chi connectivity index (χ3n) is 5.75. The van der Waals surface area contributed by atoms with Crippen LogP contribution in [0.15, 0.2) is 4.52 Å². The smallest absolute Gasteiger partial charge is 0.234 e. The van der Waals surface area contributed by atoms with E-state index >= 15 is 0 Å². The van der Waals surface area contributed by atoms with E-state index in [2.05, 4.69) is 32.2 Å². The summed E-state index contributed by atoms with van der Waals surface area (Å²) in [6.07, 6.45) is 1.28. The highest BCUT2D eigenvalue weighted by Crippen LogP contribution is 2.19. The molecule has 8 heteroatoms. The van der Waals surface area contributed by atoms with Crippen molar-refractivity contribution in [3.63, 3.8) is 0 Å². The zero-order valence-electron chi connectivity index (χ0n) is 16.8. The van der Waals surface area contributed by atoms with Crippen molar-refractivity contribution in [1.29, 1.82) is 0 Å². The van der Waals surface area contributed by atoms with Gasteiger partial charge in [0.05, 0.1) is 24.4 Å². The highest BCUT2D eigenvalue weighted by atomic mass is 16.5. The minimum absolute atomic E-state index is 0.0165. The Kier molecular flexibility index (Phi) is 6.86. The van der Waals surface area contributed by atoms with Gasteiger partial charge in [-0.1, -0.05) is 5.16 Å². The lowest BCUT2D eigenvalue weighted by Gasteiger charge is -2.36. The van der Waals surface area contributed by atoms with Crippen molar-refractivity contribution < 1.29 is 14.4 Å². The van der Waals surface area contributed by atoms with Crippen LogP contribution in [-0.2, 0) is 11.3 Å². The number of hydrogen-bond acceptors (Lipinski definition) is 7. The summed E-state index contributed by atoms with van der Waals surface area (Å²) in [5, 5.41) is 17.6. The van der Waals surface area contributed by atoms with E-state index in [0.29, 0.717) is 13.1 Å². The molecule has 2 aliphatic rings. The summed E-state index contributed by atoms with van der Waals surface area (Å²) in [5.74, 6) is 0.850. The van der Waals surface area contributed by atoms with Gasteiger partial charge in [0.1, 0.15) is 5.76 Å². The van der Waals surface area contributed by atoms with E-state index in [4.69, 9.17) is 4.52 Å². The molecule has 1 amide bonds. The molecule has 3 heterocycles. The van der Waals surface area contributed by atoms with E-state index < -0.39 is 6.10 Å². The molecule has 8 nitrogen and oxygen atoms in total. The van der Waals surface area contributed by atoms with Crippen LogP contribution in [0.4, 0.5) is 0 Å². The highest BCUT2D eigenvalue weighted by Gasteiger charge is 2.30. The van der Waals surface area contributed by atoms with E-state index in [-0.39, 0.29) is 11.9 Å². The van der Waals surface area contributed by atoms with Crippen LogP contribution in [0.25, 0.3) is 0 Å². The van der Waals surface area contributed by atoms with Crippen molar-refractivity contribution in [2.24, 2.45) is 0 Å². The molecule has 2 aliphatic heterocycles. The molecule has 3 rings (SSSR count). The number of rotatable bonds is 5. The number of aryl methyl sites for hydroxylation is 2. The van der Waals surface area contributed by atoms with Crippen molar-refractivity contribution in [2.75, 3.05) is 52.9 Å². The Hall–Kier alpha value is -1.48. The fourth-order valence-electron chi connectivity index (χ4n) is 3.97. The number of aliphatic hydroxyl groups excluding tert-OH is 1. The van der Waals surface area contributed by atoms with Gasteiger partial charge in [0.2, 0.25) is 5.91 Å². The molecule has 2 saturated heterocycles. The van der Waals surface area contributed by atoms with Crippen LogP contribution >= 0.6 is 0 Å². The number of β-amino-alcohol motifs (C(OH)–C–C–N with tert-alkyl or cyclic N) is 1. The lowest BCUT2D eigenvalue weighted by Crippen LogP contribution is -2.55. The quantitative estimate of drug-likeness (QED) is 0.744. The summed E-state index contributed by atoms with van der Waals surface area (Å²) in [5.41, 5.74) is 2.00. The molecule has 152 valence electrons. The Morgan fingerprint density at radius 1 is 1.22 bits per heavy atom. The minimum Gasteiger partial charge on any atom is -0.390 e. The maximum Gasteiger partial charge on any atom is 0.234 e. The van der Waals surface area contributed by atoms with Gasteiger partial charge in [0.25, 0.3) is 0 Å². The molecule has 2 atom stereocenters. The van der Waals surface area contributed by atoms with Crippen LogP contribution in [0.2, 0.25) is 0 Å². The van der Waals surface area contributed by atoms with Gasteiger partial charge in [0, 0.05) is 38.3 Å². The molecule has 0 unspecified atom stereocenters. The molecular formula is C19H33N5O3. The number of likely N-dealkylation sites (N-methyl/N-ethyl adjacent to an activating group) is 1. The SMILES string of the molecule is Cc1noc(C)c1CN1CC[C@@H](NC(=O)CN2CCCN(C)CC2)[C@H](O)C1. The Balaban J connectivity index is 1.45. The Morgan fingerprint density at radius 2 is 2.04 bits per heavy atom. The van der Waals surface area contributed by atoms with E-state index in [0.717, 1.165) is 69.1 Å². The molecule has 2 N–H and O–H groups in total. The Labute approximate surface area is 161 Å². The van der Waals surface area contributed by atoms with Crippen molar-refractivity contribution in [3.8, 4) is 0 Å². The number of nitrogens with zero attached hydrogens (tertiary/aromatic N) is 4. The van der Waals surface area contributed by atoms with Crippen molar-refractivity contribution in [2.45, 2.75) is 45.4 Å². The molecule has 1 aromatic heterocycles. The summed E-state index contributed by atoms with van der Waals surface area (Å²) in [6.45, 7) is 10.3. The first kappa shape index (κ1) is 20.3. The molecule has 2 fully saturated rings. The maximum atomic E-state index is 12.4. The topological polar surface area (TPSA) is 85.1 Å². The number of piperidine rings is 1. The average Bonchev–Trinajstić information content (AvgIpc) is 2.81. The molecule has 0 bridgehead atoms. The second-order valence-electron chi connectivity index (χ2n) is 8.00. The average molecular weight is 380 g/mol. The summed E-state index contributed by atoms with van der Waals surface area (Å²) < 4.78 is 5.22. The van der Waals surface area contributed by atoms with Crippen LogP contribution in [0.5, 0.6) is 0 Å². The third-order valence-corrected chi connectivity index (χ3v) is 5.75. The number of carbonyl (C=O) groups is 1. The first-order valence-electron chi connectivity index (χ1n) is 9.95. The number of aromatic nitrogens is 1. The van der Waals surface area contributed by atoms with Crippen LogP contribution in [0.3, 0.4) is 0 Å². The number of hydrogen-bond donors (Lipinski definition) is 2. The fourth-order valence-corrected chi connectivity index (χ4v) is 3.97. The molecule has 0 spiro atoms. The van der Waals surface area contributed by atoms with E-state index in [9.17, 15) is 9.90 Å². The van der Waals surface area contributed by atoms with Crippen molar-refractivity contribution in [1.82, 2.24) is 25.2 Å². The second kappa shape index (κ2) is 9.14. The van der Waals surface area contributed by atoms with Crippen molar-refractivity contribution in [3.05, 3.63) is 17.0 Å². The first-order valence-corrected chi connectivity index (χ1v) is 9.95. The zero-order chi connectivity index (χ0) is 19.4. The van der Waals surface area contributed by atoms with Crippen LogP contribution in [0.1, 0.15) is 29.9 Å². The first-order chi connectivity index (χ1) is 12.9. The molecule has 0 aromatic carbocycles. The largest absolute Gasteiger partial charge is 0.390 e. The van der Waals surface area contributed by atoms with E-state index in [1.165, 1.54) is 0 Å². The number of likely N-dealkylation sites (tertiary alicyclic amines) is 1. The molecular weight excluding hydrogens is 346 g/mol. The van der Waals surface area contributed by atoms with Gasteiger partial charge >= 0.3 is 0 Å². The van der Waals surface area contributed by atoms with Gasteiger partial charge in [0.15, 0.2) is 0 Å². The van der Waals surface area contributed by atoms with Gasteiger partial charge in [-0.3, -0.25) is 14.6 Å². The van der Waals surface area contributed by atoms with Crippen LogP contribution < -0.4 is 5.32 Å². The van der Waals surface area contributed by atoms with E-state index in [1.807, 2.05) is 13.8 Å². The predicted molar refractivity (Wildman–Crippen MR) is 102 cm³/mol. The Bertz CT molecular complexity index is 615. The van der Waals surface area contributed by atoms with Gasteiger partial charge < -0.3 is 19.8 Å². The van der Waals surface area contributed by atoms with Gasteiger partial charge in [-0.25, -0.2) is 0 Å². The number of aliphatic hydroxyl groups is 1. The molecule has 1 aromatic rings. The van der Waals surface area contributed by atoms with Crippen molar-refractivity contribution >= 4 is 5.91 Å². The third kappa shape index (κ3) is 5.51. The summed E-state index contributed by atoms with van der Waals surface area (Å²) in [6, 6.07) is -0.173. The predicted octanol–water partition coefficient (Wildman–Crippen LogP) is -0.0197. The molecule has 0 aliphatic carbocycles. The second-order valence-corrected chi connectivity index (χ2v) is 8.00. The maximum absolute atomic E-state index is 12.4. The fraction of sp³-hybridized carbons (Fsp3) is 0.789. The summed E-state index contributed by atoms with van der Waals surface area (Å²) in [4.78, 5) is 19.1. The van der Waals surface area contributed by atoms with Crippen LogP contribution in [0, 0.1) is 13.8 Å². The highest BCUT2D eigenvalue weighted by molar-refractivity contribution is 5.78.